The van der Waals surface area contributed by atoms with E-state index < -0.39 is 23.5 Å². The Hall–Kier alpha value is -2.94. The predicted octanol–water partition coefficient (Wildman–Crippen LogP) is 4.97. The maximum atomic E-state index is 14.0. The third-order valence-electron chi connectivity index (χ3n) is 6.75. The minimum absolute atomic E-state index is 0.0210. The molecule has 35 heavy (non-hydrogen) atoms. The van der Waals surface area contributed by atoms with Gasteiger partial charge in [-0.15, -0.1) is 0 Å². The molecule has 2 aliphatic heterocycles. The van der Waals surface area contributed by atoms with Gasteiger partial charge in [-0.2, -0.15) is 13.2 Å². The molecule has 2 saturated heterocycles. The molecule has 5 nitrogen and oxygen atoms in total. The maximum Gasteiger partial charge on any atom is 0.419 e. The summed E-state index contributed by atoms with van der Waals surface area (Å²) in [6.07, 6.45) is -0.410. The minimum atomic E-state index is -4.81. The average molecular weight is 492 g/mol. The van der Waals surface area contributed by atoms with E-state index in [0.29, 0.717) is 44.6 Å². The Kier molecular flexibility index (Phi) is 7.74. The molecule has 0 saturated carbocycles. The van der Waals surface area contributed by atoms with Gasteiger partial charge in [-0.1, -0.05) is 24.6 Å². The molecule has 0 bridgehead atoms. The van der Waals surface area contributed by atoms with Crippen LogP contribution in [-0.4, -0.2) is 60.4 Å². The quantitative estimate of drug-likeness (QED) is 0.555. The summed E-state index contributed by atoms with van der Waals surface area (Å²) >= 11 is 0. The zero-order valence-electron chi connectivity index (χ0n) is 19.4. The lowest BCUT2D eigenvalue weighted by atomic mass is 10.0. The number of amides is 2. The molecule has 0 unspecified atom stereocenters. The Morgan fingerprint density at radius 3 is 2.17 bits per heavy atom. The van der Waals surface area contributed by atoms with Gasteiger partial charge in [0.25, 0.3) is 5.91 Å². The molecule has 0 aromatic heterocycles. The second-order valence-electron chi connectivity index (χ2n) is 9.15. The van der Waals surface area contributed by atoms with Gasteiger partial charge >= 0.3 is 6.18 Å². The zero-order chi connectivity index (χ0) is 25.0. The van der Waals surface area contributed by atoms with Gasteiger partial charge in [0, 0.05) is 30.4 Å². The molecular weight excluding hydrogens is 462 g/mol. The highest BCUT2D eigenvalue weighted by Gasteiger charge is 2.35. The second kappa shape index (κ2) is 10.8. The van der Waals surface area contributed by atoms with E-state index in [2.05, 4.69) is 4.90 Å². The average Bonchev–Trinajstić information content (AvgIpc) is 2.84. The Balaban J connectivity index is 1.44. The predicted molar refractivity (Wildman–Crippen MR) is 125 cm³/mol. The van der Waals surface area contributed by atoms with Crippen molar-refractivity contribution < 1.29 is 27.2 Å². The number of para-hydroxylation sites is 1. The number of rotatable bonds is 5. The summed E-state index contributed by atoms with van der Waals surface area (Å²) in [5.74, 6) is -1.95. The van der Waals surface area contributed by atoms with Crippen LogP contribution in [0.2, 0.25) is 0 Å². The third kappa shape index (κ3) is 6.01. The highest BCUT2D eigenvalue weighted by Crippen LogP contribution is 2.32. The van der Waals surface area contributed by atoms with Crippen LogP contribution in [0.15, 0.2) is 48.5 Å². The first-order chi connectivity index (χ1) is 16.7. The third-order valence-corrected chi connectivity index (χ3v) is 6.75. The zero-order valence-corrected chi connectivity index (χ0v) is 19.4. The topological polar surface area (TPSA) is 43.9 Å². The van der Waals surface area contributed by atoms with Crippen LogP contribution in [0.4, 0.5) is 23.2 Å². The Bertz CT molecular complexity index is 1030. The first kappa shape index (κ1) is 25.2. The van der Waals surface area contributed by atoms with Gasteiger partial charge < -0.3 is 9.80 Å². The fraction of sp³-hybridized carbons (Fsp3) is 0.462. The summed E-state index contributed by atoms with van der Waals surface area (Å²) in [5, 5.41) is 0. The first-order valence-electron chi connectivity index (χ1n) is 12.0. The summed E-state index contributed by atoms with van der Waals surface area (Å²) in [4.78, 5) is 31.7. The van der Waals surface area contributed by atoms with E-state index in [-0.39, 0.29) is 17.5 Å². The molecule has 0 atom stereocenters. The van der Waals surface area contributed by atoms with Crippen LogP contribution < -0.4 is 4.90 Å². The van der Waals surface area contributed by atoms with Crippen molar-refractivity contribution in [3.8, 4) is 0 Å². The Labute approximate surface area is 202 Å². The number of likely N-dealkylation sites (tertiary alicyclic amines) is 2. The molecule has 0 aliphatic carbocycles. The molecule has 2 fully saturated rings. The number of halogens is 4. The number of nitrogens with zero attached hydrogens (tertiary/aromatic N) is 3. The van der Waals surface area contributed by atoms with Crippen molar-refractivity contribution in [2.45, 2.75) is 44.3 Å². The minimum Gasteiger partial charge on any atom is -0.338 e. The molecule has 2 heterocycles. The van der Waals surface area contributed by atoms with Crippen LogP contribution in [0.1, 0.15) is 48.0 Å². The van der Waals surface area contributed by atoms with Crippen LogP contribution in [-0.2, 0) is 11.0 Å². The smallest absolute Gasteiger partial charge is 0.338 e. The molecule has 4 rings (SSSR count). The highest BCUT2D eigenvalue weighted by atomic mass is 19.4. The molecule has 0 spiro atoms. The first-order valence-corrected chi connectivity index (χ1v) is 12.0. The summed E-state index contributed by atoms with van der Waals surface area (Å²) in [6.45, 7) is 2.81. The number of hydrogen-bond donors (Lipinski definition) is 0. The summed E-state index contributed by atoms with van der Waals surface area (Å²) in [7, 11) is 0. The summed E-state index contributed by atoms with van der Waals surface area (Å²) in [6, 6.07) is 11.6. The fourth-order valence-electron chi connectivity index (χ4n) is 4.92. The number of alkyl halides is 3. The van der Waals surface area contributed by atoms with Gasteiger partial charge in [-0.25, -0.2) is 4.39 Å². The lowest BCUT2D eigenvalue weighted by Gasteiger charge is -2.39. The van der Waals surface area contributed by atoms with Crippen molar-refractivity contribution in [3.63, 3.8) is 0 Å². The van der Waals surface area contributed by atoms with Gasteiger partial charge in [-0.05, 0) is 69.1 Å². The molecule has 9 heteroatoms. The van der Waals surface area contributed by atoms with Gasteiger partial charge in [-0.3, -0.25) is 14.5 Å². The maximum absolute atomic E-state index is 14.0. The van der Waals surface area contributed by atoms with Crippen molar-refractivity contribution in [2.24, 2.45) is 0 Å². The molecule has 2 amide bonds. The highest BCUT2D eigenvalue weighted by molar-refractivity contribution is 5.96. The molecule has 188 valence electrons. The fourth-order valence-corrected chi connectivity index (χ4v) is 4.92. The molecule has 2 aromatic rings. The van der Waals surface area contributed by atoms with Gasteiger partial charge in [0.2, 0.25) is 5.91 Å². The number of benzene rings is 2. The number of carbonyl (C=O) groups excluding carboxylic acids is 2. The van der Waals surface area contributed by atoms with Crippen LogP contribution in [0.3, 0.4) is 0 Å². The standard InChI is InChI=1S/C26H29F4N3O2/c27-23-17-19(9-10-22(23)26(28,29)30)25(35)32-15-11-21(12-16-32)33(20-7-3-1-4-8-20)24(34)18-31-13-5-2-6-14-31/h1,3-4,7-10,17,21H,2,5-6,11-16,18H2. The molecular formula is C26H29F4N3O2. The van der Waals surface area contributed by atoms with Crippen molar-refractivity contribution >= 4 is 17.5 Å². The molecule has 0 radical (unpaired) electrons. The van der Waals surface area contributed by atoms with Crippen molar-refractivity contribution in [1.82, 2.24) is 9.80 Å². The van der Waals surface area contributed by atoms with Gasteiger partial charge in [0.1, 0.15) is 5.82 Å². The van der Waals surface area contributed by atoms with E-state index in [0.717, 1.165) is 37.7 Å². The Morgan fingerprint density at radius 1 is 0.914 bits per heavy atom. The molecule has 2 aromatic carbocycles. The van der Waals surface area contributed by atoms with Crippen molar-refractivity contribution in [1.29, 1.82) is 0 Å². The van der Waals surface area contributed by atoms with Crippen LogP contribution in [0.5, 0.6) is 0 Å². The second-order valence-corrected chi connectivity index (χ2v) is 9.15. The number of carbonyl (C=O) groups is 2. The van der Waals surface area contributed by atoms with E-state index in [1.54, 1.807) is 0 Å². The van der Waals surface area contributed by atoms with Crippen molar-refractivity contribution in [2.75, 3.05) is 37.6 Å². The van der Waals surface area contributed by atoms with Gasteiger partial charge in [0.15, 0.2) is 0 Å². The molecule has 2 aliphatic rings. The van der Waals surface area contributed by atoms with E-state index in [1.165, 1.54) is 11.3 Å². The van der Waals surface area contributed by atoms with E-state index in [1.807, 2.05) is 35.2 Å². The lowest BCUT2D eigenvalue weighted by molar-refractivity contribution is -0.140. The summed E-state index contributed by atoms with van der Waals surface area (Å²) < 4.78 is 52.5. The van der Waals surface area contributed by atoms with Crippen molar-refractivity contribution in [3.05, 3.63) is 65.5 Å². The van der Waals surface area contributed by atoms with Crippen LogP contribution >= 0.6 is 0 Å². The van der Waals surface area contributed by atoms with E-state index in [9.17, 15) is 27.2 Å². The SMILES string of the molecule is O=C(c1ccc(C(F)(F)F)c(F)c1)N1CCC(N(C(=O)CN2CCCCC2)c2ccccc2)CC1. The number of piperidine rings is 2. The monoisotopic (exact) mass is 491 g/mol. The molecule has 0 N–H and O–H groups in total. The normalized spacial score (nSPS) is 17.9. The Morgan fingerprint density at radius 2 is 1.57 bits per heavy atom. The lowest BCUT2D eigenvalue weighted by Crippen LogP contribution is -2.51. The number of hydrogen-bond acceptors (Lipinski definition) is 3. The van der Waals surface area contributed by atoms with Crippen LogP contribution in [0, 0.1) is 5.82 Å². The van der Waals surface area contributed by atoms with Gasteiger partial charge in [0.05, 0.1) is 12.1 Å². The largest absolute Gasteiger partial charge is 0.419 e. The number of anilines is 1. The van der Waals surface area contributed by atoms with E-state index in [4.69, 9.17) is 0 Å². The van der Waals surface area contributed by atoms with Crippen LogP contribution in [0.25, 0.3) is 0 Å². The van der Waals surface area contributed by atoms with E-state index >= 15 is 0 Å². The summed E-state index contributed by atoms with van der Waals surface area (Å²) in [5.41, 5.74) is -0.697.